The second-order valence-corrected chi connectivity index (χ2v) is 7.98. The van der Waals surface area contributed by atoms with Crippen LogP contribution < -0.4 is 10.2 Å². The van der Waals surface area contributed by atoms with Crippen LogP contribution in [-0.4, -0.2) is 35.7 Å². The van der Waals surface area contributed by atoms with E-state index in [-0.39, 0.29) is 11.8 Å². The number of carbonyl (C=O) groups excluding carboxylic acids is 1. The van der Waals surface area contributed by atoms with E-state index in [1.165, 1.54) is 18.4 Å². The van der Waals surface area contributed by atoms with E-state index in [1.807, 2.05) is 24.3 Å². The Bertz CT molecular complexity index is 774. The summed E-state index contributed by atoms with van der Waals surface area (Å²) in [6, 6.07) is 11.9. The number of piperidine rings is 1. The number of hydrogen-bond donors (Lipinski definition) is 1. The summed E-state index contributed by atoms with van der Waals surface area (Å²) >= 11 is 5.90. The average molecular weight is 385 g/mol. The number of aromatic nitrogens is 2. The van der Waals surface area contributed by atoms with Crippen LogP contribution in [0.25, 0.3) is 0 Å². The third-order valence-electron chi connectivity index (χ3n) is 5.41. The fourth-order valence-corrected chi connectivity index (χ4v) is 3.75. The molecule has 1 amide bonds. The van der Waals surface area contributed by atoms with Crippen LogP contribution in [0.3, 0.4) is 0 Å². The van der Waals surface area contributed by atoms with E-state index in [0.29, 0.717) is 19.0 Å². The number of amides is 1. The molecule has 2 fully saturated rings. The van der Waals surface area contributed by atoms with Crippen molar-refractivity contribution in [1.82, 2.24) is 15.5 Å². The molecule has 2 aliphatic rings. The second-order valence-electron chi connectivity index (χ2n) is 7.54. The first-order valence-corrected chi connectivity index (χ1v) is 10.2. The summed E-state index contributed by atoms with van der Waals surface area (Å²) in [4.78, 5) is 14.8. The van der Waals surface area contributed by atoms with E-state index in [1.54, 1.807) is 0 Å². The predicted molar refractivity (Wildman–Crippen MR) is 107 cm³/mol. The second kappa shape index (κ2) is 8.26. The first kappa shape index (κ1) is 18.2. The minimum atomic E-state index is 0.00822. The molecule has 1 saturated carbocycles. The Morgan fingerprint density at radius 1 is 1.11 bits per heavy atom. The van der Waals surface area contributed by atoms with Gasteiger partial charge >= 0.3 is 0 Å². The number of rotatable bonds is 6. The van der Waals surface area contributed by atoms with Gasteiger partial charge in [-0.1, -0.05) is 23.7 Å². The molecular weight excluding hydrogens is 360 g/mol. The molecular formula is C21H25ClN4O. The minimum absolute atomic E-state index is 0.00822. The monoisotopic (exact) mass is 384 g/mol. The highest BCUT2D eigenvalue weighted by Crippen LogP contribution is 2.38. The number of benzene rings is 1. The van der Waals surface area contributed by atoms with Gasteiger partial charge in [0.05, 0.1) is 11.6 Å². The molecule has 1 saturated heterocycles. The van der Waals surface area contributed by atoms with Crippen molar-refractivity contribution >= 4 is 23.3 Å². The lowest BCUT2D eigenvalue weighted by molar-refractivity contribution is -0.125. The van der Waals surface area contributed by atoms with Gasteiger partial charge in [0.25, 0.3) is 0 Å². The maximum Gasteiger partial charge on any atom is 0.224 e. The van der Waals surface area contributed by atoms with Gasteiger partial charge in [0.1, 0.15) is 0 Å². The lowest BCUT2D eigenvalue weighted by Gasteiger charge is -2.32. The van der Waals surface area contributed by atoms with Gasteiger partial charge in [-0.15, -0.1) is 5.10 Å². The first-order chi connectivity index (χ1) is 13.2. The zero-order valence-corrected chi connectivity index (χ0v) is 16.2. The summed E-state index contributed by atoms with van der Waals surface area (Å²) in [5, 5.41) is 12.6. The van der Waals surface area contributed by atoms with Crippen molar-refractivity contribution < 1.29 is 4.79 Å². The van der Waals surface area contributed by atoms with Crippen molar-refractivity contribution in [3.8, 4) is 0 Å². The number of nitrogens with zero attached hydrogens (tertiary/aromatic N) is 3. The molecule has 27 heavy (non-hydrogen) atoms. The Kier molecular flexibility index (Phi) is 5.58. The van der Waals surface area contributed by atoms with Gasteiger partial charge in [-0.2, -0.15) is 5.10 Å². The summed E-state index contributed by atoms with van der Waals surface area (Å²) in [6.07, 6.45) is 5.21. The molecule has 0 spiro atoms. The van der Waals surface area contributed by atoms with Gasteiger partial charge in [0, 0.05) is 30.6 Å². The van der Waals surface area contributed by atoms with E-state index in [9.17, 15) is 4.79 Å². The van der Waals surface area contributed by atoms with Crippen molar-refractivity contribution in [2.24, 2.45) is 5.92 Å². The zero-order chi connectivity index (χ0) is 18.6. The molecule has 2 aromatic rings. The Morgan fingerprint density at radius 3 is 2.63 bits per heavy atom. The molecule has 5 nitrogen and oxygen atoms in total. The predicted octanol–water partition coefficient (Wildman–Crippen LogP) is 3.58. The summed E-state index contributed by atoms with van der Waals surface area (Å²) in [5.74, 6) is 1.65. The zero-order valence-electron chi connectivity index (χ0n) is 15.4. The smallest absolute Gasteiger partial charge is 0.224 e. The number of halogens is 1. The molecule has 142 valence electrons. The van der Waals surface area contributed by atoms with Crippen molar-refractivity contribution in [2.75, 3.05) is 24.5 Å². The van der Waals surface area contributed by atoms with Crippen LogP contribution in [0.5, 0.6) is 0 Å². The highest BCUT2D eigenvalue weighted by Gasteiger charge is 2.28. The van der Waals surface area contributed by atoms with Gasteiger partial charge in [-0.05, 0) is 61.9 Å². The van der Waals surface area contributed by atoms with Crippen LogP contribution >= 0.6 is 11.6 Å². The summed E-state index contributed by atoms with van der Waals surface area (Å²) in [5.41, 5.74) is 2.28. The number of nitrogens with one attached hydrogen (secondary N) is 1. The Hall–Kier alpha value is -2.14. The van der Waals surface area contributed by atoms with E-state index >= 15 is 0 Å². The molecule has 1 atom stereocenters. The largest absolute Gasteiger partial charge is 0.355 e. The SMILES string of the molecule is O=C(NCCc1ccc(Cl)cc1)C1CCCN(c2ccc(C3CC3)nn2)C1. The molecule has 1 aromatic heterocycles. The van der Waals surface area contributed by atoms with Crippen LogP contribution in [0.15, 0.2) is 36.4 Å². The fraction of sp³-hybridized carbons (Fsp3) is 0.476. The van der Waals surface area contributed by atoms with Crippen molar-refractivity contribution in [1.29, 1.82) is 0 Å². The van der Waals surface area contributed by atoms with Gasteiger partial charge in [-0.25, -0.2) is 0 Å². The Balaban J connectivity index is 1.27. The highest BCUT2D eigenvalue weighted by molar-refractivity contribution is 6.30. The molecule has 0 radical (unpaired) electrons. The van der Waals surface area contributed by atoms with Crippen molar-refractivity contribution in [2.45, 2.75) is 38.0 Å². The molecule has 1 aromatic carbocycles. The van der Waals surface area contributed by atoms with Crippen LogP contribution in [0.2, 0.25) is 5.02 Å². The third-order valence-corrected chi connectivity index (χ3v) is 5.66. The van der Waals surface area contributed by atoms with E-state index in [0.717, 1.165) is 42.3 Å². The van der Waals surface area contributed by atoms with Gasteiger partial charge in [-0.3, -0.25) is 4.79 Å². The number of anilines is 1. The third kappa shape index (κ3) is 4.78. The van der Waals surface area contributed by atoms with E-state index in [2.05, 4.69) is 32.5 Å². The van der Waals surface area contributed by atoms with Crippen LogP contribution in [0.4, 0.5) is 5.82 Å². The summed E-state index contributed by atoms with van der Waals surface area (Å²) < 4.78 is 0. The molecule has 1 aliphatic heterocycles. The molecule has 0 bridgehead atoms. The summed E-state index contributed by atoms with van der Waals surface area (Å²) in [6.45, 7) is 2.29. The topological polar surface area (TPSA) is 58.1 Å². The van der Waals surface area contributed by atoms with Crippen molar-refractivity contribution in [3.05, 3.63) is 52.7 Å². The first-order valence-electron chi connectivity index (χ1n) is 9.80. The molecule has 1 unspecified atom stereocenters. The van der Waals surface area contributed by atoms with Crippen LogP contribution in [0, 0.1) is 5.92 Å². The van der Waals surface area contributed by atoms with Crippen molar-refractivity contribution in [3.63, 3.8) is 0 Å². The lowest BCUT2D eigenvalue weighted by atomic mass is 9.97. The molecule has 2 heterocycles. The highest BCUT2D eigenvalue weighted by atomic mass is 35.5. The van der Waals surface area contributed by atoms with E-state index < -0.39 is 0 Å². The normalized spacial score (nSPS) is 19.7. The maximum atomic E-state index is 12.6. The van der Waals surface area contributed by atoms with Gasteiger partial charge < -0.3 is 10.2 Å². The molecule has 1 aliphatic carbocycles. The van der Waals surface area contributed by atoms with Crippen LogP contribution in [0.1, 0.15) is 42.9 Å². The van der Waals surface area contributed by atoms with Crippen LogP contribution in [-0.2, 0) is 11.2 Å². The lowest BCUT2D eigenvalue weighted by Crippen LogP contribution is -2.43. The quantitative estimate of drug-likeness (QED) is 0.826. The molecule has 4 rings (SSSR count). The summed E-state index contributed by atoms with van der Waals surface area (Å²) in [7, 11) is 0. The number of carbonyl (C=O) groups is 1. The average Bonchev–Trinajstić information content (AvgIpc) is 3.55. The maximum absolute atomic E-state index is 12.6. The fourth-order valence-electron chi connectivity index (χ4n) is 3.63. The van der Waals surface area contributed by atoms with E-state index in [4.69, 9.17) is 11.6 Å². The number of hydrogen-bond acceptors (Lipinski definition) is 4. The van der Waals surface area contributed by atoms with Gasteiger partial charge in [0.15, 0.2) is 5.82 Å². The Morgan fingerprint density at radius 2 is 1.93 bits per heavy atom. The Labute approximate surface area is 165 Å². The molecule has 1 N–H and O–H groups in total. The standard InChI is InChI=1S/C21H25ClN4O/c22-18-7-3-15(4-8-18)11-12-23-21(27)17-2-1-13-26(14-17)20-10-9-19(24-25-20)16-5-6-16/h3-4,7-10,16-17H,1-2,5-6,11-14H2,(H,23,27). The minimum Gasteiger partial charge on any atom is -0.355 e. The molecule has 6 heteroatoms. The van der Waals surface area contributed by atoms with Gasteiger partial charge in [0.2, 0.25) is 5.91 Å².